The molecule has 1 rings (SSSR count). The summed E-state index contributed by atoms with van der Waals surface area (Å²) in [5, 5.41) is 0. The Balaban J connectivity index is 2.47. The molecule has 0 radical (unpaired) electrons. The number of nitrogens with zero attached hydrogens (tertiary/aromatic N) is 2. The van der Waals surface area contributed by atoms with Crippen molar-refractivity contribution in [1.29, 1.82) is 0 Å². The third-order valence-corrected chi connectivity index (χ3v) is 2.79. The van der Waals surface area contributed by atoms with Crippen molar-refractivity contribution in [3.8, 4) is 0 Å². The number of carbonyl (C=O) groups excluding carboxylic acids is 1. The monoisotopic (exact) mass is 199 g/mol. The lowest BCUT2D eigenvalue weighted by Crippen LogP contribution is -2.44. The Morgan fingerprint density at radius 2 is 2.07 bits per heavy atom. The van der Waals surface area contributed by atoms with Crippen LogP contribution in [0.2, 0.25) is 0 Å². The third kappa shape index (κ3) is 2.96. The number of nitrogens with two attached hydrogens (primary N) is 1. The highest BCUT2D eigenvalue weighted by Crippen LogP contribution is 2.03. The van der Waals surface area contributed by atoms with Crippen LogP contribution in [0.1, 0.15) is 19.8 Å². The van der Waals surface area contributed by atoms with Gasteiger partial charge in [0, 0.05) is 19.6 Å². The van der Waals surface area contributed by atoms with Gasteiger partial charge in [-0.1, -0.05) is 6.92 Å². The molecule has 0 unspecified atom stereocenters. The van der Waals surface area contributed by atoms with Gasteiger partial charge in [0.25, 0.3) is 0 Å². The van der Waals surface area contributed by atoms with Gasteiger partial charge in [-0.3, -0.25) is 4.79 Å². The Kier molecular flexibility index (Phi) is 4.35. The Bertz CT molecular complexity index is 196. The van der Waals surface area contributed by atoms with Crippen molar-refractivity contribution in [3.05, 3.63) is 0 Å². The SMILES string of the molecule is CC[C@@H](N)C(=O)N1CCCN(C)CC1. The number of hydrogen-bond acceptors (Lipinski definition) is 3. The van der Waals surface area contributed by atoms with E-state index < -0.39 is 0 Å². The van der Waals surface area contributed by atoms with Crippen molar-refractivity contribution in [2.24, 2.45) is 5.73 Å². The van der Waals surface area contributed by atoms with E-state index in [-0.39, 0.29) is 11.9 Å². The van der Waals surface area contributed by atoms with Crippen LogP contribution in [0, 0.1) is 0 Å². The van der Waals surface area contributed by atoms with E-state index in [4.69, 9.17) is 5.73 Å². The maximum atomic E-state index is 11.8. The smallest absolute Gasteiger partial charge is 0.239 e. The molecule has 0 aromatic rings. The van der Waals surface area contributed by atoms with Gasteiger partial charge in [0.15, 0.2) is 0 Å². The van der Waals surface area contributed by atoms with E-state index in [1.807, 2.05) is 11.8 Å². The van der Waals surface area contributed by atoms with Crippen molar-refractivity contribution in [2.75, 3.05) is 33.2 Å². The van der Waals surface area contributed by atoms with E-state index in [2.05, 4.69) is 11.9 Å². The summed E-state index contributed by atoms with van der Waals surface area (Å²) in [6.07, 6.45) is 1.78. The van der Waals surface area contributed by atoms with Gasteiger partial charge in [-0.2, -0.15) is 0 Å². The van der Waals surface area contributed by atoms with Crippen molar-refractivity contribution >= 4 is 5.91 Å². The van der Waals surface area contributed by atoms with Gasteiger partial charge in [-0.05, 0) is 26.4 Å². The van der Waals surface area contributed by atoms with Crippen LogP contribution < -0.4 is 5.73 Å². The molecule has 14 heavy (non-hydrogen) atoms. The Morgan fingerprint density at radius 1 is 1.36 bits per heavy atom. The van der Waals surface area contributed by atoms with Gasteiger partial charge in [0.05, 0.1) is 6.04 Å². The van der Waals surface area contributed by atoms with Crippen LogP contribution in [0.5, 0.6) is 0 Å². The fourth-order valence-electron chi connectivity index (χ4n) is 1.68. The second-order valence-electron chi connectivity index (χ2n) is 4.00. The lowest BCUT2D eigenvalue weighted by Gasteiger charge is -2.23. The van der Waals surface area contributed by atoms with Crippen LogP contribution >= 0.6 is 0 Å². The van der Waals surface area contributed by atoms with Gasteiger partial charge in [0.1, 0.15) is 0 Å². The molecule has 1 amide bonds. The van der Waals surface area contributed by atoms with Crippen molar-refractivity contribution in [3.63, 3.8) is 0 Å². The summed E-state index contributed by atoms with van der Waals surface area (Å²) in [5.74, 6) is 0.114. The molecule has 1 heterocycles. The molecule has 0 aromatic carbocycles. The fourth-order valence-corrected chi connectivity index (χ4v) is 1.68. The zero-order valence-electron chi connectivity index (χ0n) is 9.20. The summed E-state index contributed by atoms with van der Waals surface area (Å²) in [5.41, 5.74) is 5.73. The highest BCUT2D eigenvalue weighted by atomic mass is 16.2. The molecule has 4 heteroatoms. The second kappa shape index (κ2) is 5.32. The molecule has 4 nitrogen and oxygen atoms in total. The van der Waals surface area contributed by atoms with Gasteiger partial charge in [-0.25, -0.2) is 0 Å². The summed E-state index contributed by atoms with van der Waals surface area (Å²) in [4.78, 5) is 15.9. The van der Waals surface area contributed by atoms with Crippen molar-refractivity contribution < 1.29 is 4.79 Å². The molecular weight excluding hydrogens is 178 g/mol. The van der Waals surface area contributed by atoms with E-state index in [1.54, 1.807) is 0 Å². The summed E-state index contributed by atoms with van der Waals surface area (Å²) in [7, 11) is 2.09. The quantitative estimate of drug-likeness (QED) is 0.675. The molecule has 2 N–H and O–H groups in total. The number of amides is 1. The topological polar surface area (TPSA) is 49.6 Å². The van der Waals surface area contributed by atoms with E-state index in [0.717, 1.165) is 39.0 Å². The van der Waals surface area contributed by atoms with E-state index in [1.165, 1.54) is 0 Å². The Morgan fingerprint density at radius 3 is 2.71 bits per heavy atom. The van der Waals surface area contributed by atoms with Crippen LogP contribution in [-0.4, -0.2) is 55.0 Å². The average molecular weight is 199 g/mol. The molecule has 0 spiro atoms. The summed E-state index contributed by atoms with van der Waals surface area (Å²) in [6.45, 7) is 5.67. The molecule has 0 saturated carbocycles. The number of hydrogen-bond donors (Lipinski definition) is 1. The Labute approximate surface area is 86.0 Å². The summed E-state index contributed by atoms with van der Waals surface area (Å²) in [6, 6.07) is -0.307. The van der Waals surface area contributed by atoms with Gasteiger partial charge in [-0.15, -0.1) is 0 Å². The predicted molar refractivity (Wildman–Crippen MR) is 57.0 cm³/mol. The number of carbonyl (C=O) groups is 1. The van der Waals surface area contributed by atoms with Gasteiger partial charge < -0.3 is 15.5 Å². The van der Waals surface area contributed by atoms with Crippen molar-refractivity contribution in [2.45, 2.75) is 25.8 Å². The normalized spacial score (nSPS) is 21.8. The Hall–Kier alpha value is -0.610. The molecule has 0 bridgehead atoms. The predicted octanol–water partition coefficient (Wildman–Crippen LogP) is -0.112. The number of likely N-dealkylation sites (N-methyl/N-ethyl adjacent to an activating group) is 1. The van der Waals surface area contributed by atoms with Crippen LogP contribution in [0.15, 0.2) is 0 Å². The summed E-state index contributed by atoms with van der Waals surface area (Å²) >= 11 is 0. The largest absolute Gasteiger partial charge is 0.340 e. The molecule has 1 atom stereocenters. The first kappa shape index (κ1) is 11.5. The second-order valence-corrected chi connectivity index (χ2v) is 4.00. The molecule has 1 fully saturated rings. The maximum absolute atomic E-state index is 11.8. The van der Waals surface area contributed by atoms with Gasteiger partial charge >= 0.3 is 0 Å². The third-order valence-electron chi connectivity index (χ3n) is 2.79. The molecule has 0 aromatic heterocycles. The highest BCUT2D eigenvalue weighted by molar-refractivity contribution is 5.81. The minimum Gasteiger partial charge on any atom is -0.340 e. The summed E-state index contributed by atoms with van der Waals surface area (Å²) < 4.78 is 0. The molecule has 82 valence electrons. The molecule has 1 saturated heterocycles. The standard InChI is InChI=1S/C10H21N3O/c1-3-9(11)10(14)13-6-4-5-12(2)7-8-13/h9H,3-8,11H2,1-2H3/t9-/m1/s1. The average Bonchev–Trinajstić information content (AvgIpc) is 2.40. The van der Waals surface area contributed by atoms with Crippen LogP contribution in [-0.2, 0) is 4.79 Å². The van der Waals surface area contributed by atoms with E-state index >= 15 is 0 Å². The van der Waals surface area contributed by atoms with E-state index in [0.29, 0.717) is 0 Å². The highest BCUT2D eigenvalue weighted by Gasteiger charge is 2.21. The van der Waals surface area contributed by atoms with Crippen LogP contribution in [0.4, 0.5) is 0 Å². The van der Waals surface area contributed by atoms with E-state index in [9.17, 15) is 4.79 Å². The first-order chi connectivity index (χ1) is 6.65. The molecule has 1 aliphatic heterocycles. The fraction of sp³-hybridized carbons (Fsp3) is 0.900. The zero-order valence-corrected chi connectivity index (χ0v) is 9.20. The van der Waals surface area contributed by atoms with Crippen LogP contribution in [0.3, 0.4) is 0 Å². The first-order valence-corrected chi connectivity index (χ1v) is 5.38. The molecule has 0 aliphatic carbocycles. The maximum Gasteiger partial charge on any atom is 0.239 e. The lowest BCUT2D eigenvalue weighted by atomic mass is 10.2. The van der Waals surface area contributed by atoms with Crippen LogP contribution in [0.25, 0.3) is 0 Å². The first-order valence-electron chi connectivity index (χ1n) is 5.38. The van der Waals surface area contributed by atoms with Gasteiger partial charge in [0.2, 0.25) is 5.91 Å². The zero-order chi connectivity index (χ0) is 10.6. The lowest BCUT2D eigenvalue weighted by molar-refractivity contribution is -0.132. The van der Waals surface area contributed by atoms with Crippen molar-refractivity contribution in [1.82, 2.24) is 9.80 Å². The number of rotatable bonds is 2. The minimum absolute atomic E-state index is 0.114. The molecule has 1 aliphatic rings. The molecular formula is C10H21N3O. The minimum atomic E-state index is -0.307.